The third kappa shape index (κ3) is 17.0. The van der Waals surface area contributed by atoms with Crippen molar-refractivity contribution in [2.45, 2.75) is 153 Å². The Hall–Kier alpha value is -4.35. The smallest absolute Gasteiger partial charge is 0.493 e. The summed E-state index contributed by atoms with van der Waals surface area (Å²) < 4.78 is 78.1. The van der Waals surface area contributed by atoms with Gasteiger partial charge in [0.05, 0.1) is 42.2 Å². The third-order valence-corrected chi connectivity index (χ3v) is 13.5. The van der Waals surface area contributed by atoms with Crippen LogP contribution in [0.5, 0.6) is 11.5 Å². The van der Waals surface area contributed by atoms with Crippen molar-refractivity contribution < 1.29 is 46.2 Å². The predicted molar refractivity (Wildman–Crippen MR) is 258 cm³/mol. The fourth-order valence-corrected chi connectivity index (χ4v) is 9.80. The average molecular weight is 984 g/mol. The summed E-state index contributed by atoms with van der Waals surface area (Å²) in [5.74, 6) is -2.20. The van der Waals surface area contributed by atoms with Crippen LogP contribution in [0.1, 0.15) is 147 Å². The van der Waals surface area contributed by atoms with Crippen molar-refractivity contribution in [2.75, 3.05) is 33.0 Å². The van der Waals surface area contributed by atoms with Crippen LogP contribution >= 0.6 is 19.4 Å². The number of nitrogens with two attached hydrogens (primary N) is 1. The number of rotatable bonds is 33. The van der Waals surface area contributed by atoms with Crippen molar-refractivity contribution in [1.82, 2.24) is 4.98 Å². The van der Waals surface area contributed by atoms with E-state index < -0.39 is 55.9 Å². The number of aromatic nitrogens is 1. The van der Waals surface area contributed by atoms with Crippen LogP contribution in [0.25, 0.3) is 0 Å². The van der Waals surface area contributed by atoms with E-state index in [1.54, 1.807) is 44.2 Å². The Morgan fingerprint density at radius 2 is 1.57 bits per heavy atom. The standard InChI is InChI=1S/C50H69ClFN6O9P/c1-4-5-6-7-8-9-10-11-12-13-14-15-16-17-18-21-26-60-31-38(32-61-40-28-37(30-53)27-39(52)29-40)33-62-68(59,67-44-23-20-19-22-41(44)51)63-35-50(34-54)47-46(64-49(2,3)66-47)45(65-50)42-24-25-43(58-42)48(56)57-36-55/h19-20,22-25,27-29,36,38,45-47,58H,4-18,21,26,31-33,35H2,1-3H3,(H3,55,56,57)/t38?,45-,46-,47-,50+,68?/m0/s1. The van der Waals surface area contributed by atoms with Gasteiger partial charge in [-0.2, -0.15) is 10.5 Å². The number of ether oxygens (including phenoxy) is 5. The number of nitrogens with zero attached hydrogens (tertiary/aromatic N) is 3. The second-order valence-corrected chi connectivity index (χ2v) is 19.9. The summed E-state index contributed by atoms with van der Waals surface area (Å²) in [6.45, 7) is 5.18. The maximum Gasteiger partial charge on any atom is 0.530 e. The molecular formula is C50H69ClFN6O9P. The molecule has 6 atom stereocenters. The first-order valence-corrected chi connectivity index (χ1v) is 25.9. The van der Waals surface area contributed by atoms with Crippen molar-refractivity contribution >= 4 is 31.6 Å². The SMILES string of the molecule is CCCCCCCCCCCCCCCCCCOCC(COc1cc(F)cc(C#N)c1)COP(=O)(OC[C@@]1(C#N)O[C@@H](c2ccc(/C(N)=N\C=N)[nH]2)[C@@H]2OC(C)(C)O[C@@H]21)Oc1ccccc1Cl. The first kappa shape index (κ1) is 54.6. The minimum absolute atomic E-state index is 0.00684. The summed E-state index contributed by atoms with van der Waals surface area (Å²) in [5, 5.41) is 27.6. The molecule has 18 heteroatoms. The minimum Gasteiger partial charge on any atom is -0.493 e. The van der Waals surface area contributed by atoms with Crippen LogP contribution in [-0.2, 0) is 32.6 Å². The van der Waals surface area contributed by atoms with Crippen LogP contribution in [0, 0.1) is 39.8 Å². The quantitative estimate of drug-likeness (QED) is 0.0225. The van der Waals surface area contributed by atoms with Gasteiger partial charge in [0.15, 0.2) is 5.79 Å². The molecule has 0 radical (unpaired) electrons. The third-order valence-electron chi connectivity index (χ3n) is 11.8. The Labute approximate surface area is 406 Å². The number of hydrogen-bond donors (Lipinski definition) is 3. The number of H-pyrrole nitrogens is 1. The van der Waals surface area contributed by atoms with E-state index in [9.17, 15) is 19.5 Å². The van der Waals surface area contributed by atoms with Gasteiger partial charge in [0.1, 0.15) is 60.5 Å². The van der Waals surface area contributed by atoms with Gasteiger partial charge in [-0.25, -0.2) is 13.9 Å². The number of phosphoric acid groups is 1. The molecule has 2 aliphatic rings. The van der Waals surface area contributed by atoms with Crippen LogP contribution in [0.3, 0.4) is 0 Å². The first-order chi connectivity index (χ1) is 32.8. The molecule has 3 aromatic rings. The topological polar surface area (TPSA) is 217 Å². The van der Waals surface area contributed by atoms with Gasteiger partial charge in [-0.15, -0.1) is 0 Å². The lowest BCUT2D eigenvalue weighted by atomic mass is 9.96. The number of para-hydroxylation sites is 1. The van der Waals surface area contributed by atoms with Crippen LogP contribution in [0.4, 0.5) is 4.39 Å². The summed E-state index contributed by atoms with van der Waals surface area (Å²) in [6, 6.07) is 17.5. The number of phosphoric ester groups is 1. The lowest BCUT2D eigenvalue weighted by molar-refractivity contribution is -0.204. The summed E-state index contributed by atoms with van der Waals surface area (Å²) >= 11 is 6.46. The Bertz CT molecular complexity index is 2200. The zero-order chi connectivity index (χ0) is 48.8. The van der Waals surface area contributed by atoms with E-state index in [-0.39, 0.29) is 47.7 Å². The Kier molecular flexibility index (Phi) is 22.3. The van der Waals surface area contributed by atoms with E-state index in [1.165, 1.54) is 95.6 Å². The molecule has 5 rings (SSSR count). The van der Waals surface area contributed by atoms with Crippen LogP contribution in [0.2, 0.25) is 5.02 Å². The predicted octanol–water partition coefficient (Wildman–Crippen LogP) is 12.0. The number of nitriles is 2. The molecule has 68 heavy (non-hydrogen) atoms. The molecule has 0 amide bonds. The molecule has 4 N–H and O–H groups in total. The molecule has 2 fully saturated rings. The fourth-order valence-electron chi connectivity index (χ4n) is 8.25. The van der Waals surface area contributed by atoms with Crippen LogP contribution in [0.15, 0.2) is 59.6 Å². The molecule has 0 saturated carbocycles. The van der Waals surface area contributed by atoms with Gasteiger partial charge >= 0.3 is 7.82 Å². The molecule has 15 nitrogen and oxygen atoms in total. The lowest BCUT2D eigenvalue weighted by Gasteiger charge is -2.30. The van der Waals surface area contributed by atoms with Crippen molar-refractivity contribution in [3.8, 4) is 23.6 Å². The molecule has 0 aliphatic carbocycles. The molecule has 1 aromatic heterocycles. The summed E-state index contributed by atoms with van der Waals surface area (Å²) in [4.78, 5) is 6.93. The molecule has 2 unspecified atom stereocenters. The van der Waals surface area contributed by atoms with Crippen LogP contribution in [-0.4, -0.2) is 73.8 Å². The van der Waals surface area contributed by atoms with Gasteiger partial charge in [0.25, 0.3) is 0 Å². The Balaban J connectivity index is 1.21. The maximum absolute atomic E-state index is 14.8. The number of benzene rings is 2. The minimum atomic E-state index is -4.69. The van der Waals surface area contributed by atoms with E-state index in [0.717, 1.165) is 37.7 Å². The normalized spacial score (nSPS) is 21.1. The molecule has 372 valence electrons. The zero-order valence-corrected chi connectivity index (χ0v) is 41.4. The second kappa shape index (κ2) is 27.7. The Morgan fingerprint density at radius 3 is 2.21 bits per heavy atom. The molecule has 0 bridgehead atoms. The highest BCUT2D eigenvalue weighted by Crippen LogP contribution is 2.55. The lowest BCUT2D eigenvalue weighted by Crippen LogP contribution is -2.46. The maximum atomic E-state index is 14.8. The molecular weight excluding hydrogens is 914 g/mol. The van der Waals surface area contributed by atoms with Gasteiger partial charge in [-0.05, 0) is 56.7 Å². The largest absolute Gasteiger partial charge is 0.530 e. The molecule has 2 aliphatic heterocycles. The van der Waals surface area contributed by atoms with Crippen molar-refractivity contribution in [3.63, 3.8) is 0 Å². The highest BCUT2D eigenvalue weighted by molar-refractivity contribution is 7.49. The summed E-state index contributed by atoms with van der Waals surface area (Å²) in [7, 11) is -4.69. The van der Waals surface area contributed by atoms with E-state index in [1.807, 2.05) is 6.07 Å². The van der Waals surface area contributed by atoms with E-state index in [0.29, 0.717) is 18.0 Å². The first-order valence-electron chi connectivity index (χ1n) is 24.0. The summed E-state index contributed by atoms with van der Waals surface area (Å²) in [6.07, 6.45) is 18.1. The number of unbranched alkanes of at least 4 members (excludes halogenated alkanes) is 15. The number of nitrogens with one attached hydrogen (secondary N) is 2. The fraction of sp³-hybridized carbons (Fsp3) is 0.600. The average Bonchev–Trinajstić information content (AvgIpc) is 4.02. The summed E-state index contributed by atoms with van der Waals surface area (Å²) in [5.41, 5.74) is 5.08. The zero-order valence-electron chi connectivity index (χ0n) is 39.7. The van der Waals surface area contributed by atoms with Crippen molar-refractivity contribution in [1.29, 1.82) is 15.9 Å². The van der Waals surface area contributed by atoms with E-state index in [4.69, 9.17) is 60.0 Å². The number of aromatic amines is 1. The highest BCUT2D eigenvalue weighted by Gasteiger charge is 2.65. The number of halogens is 2. The highest BCUT2D eigenvalue weighted by atomic mass is 35.5. The number of fused-ring (bicyclic) bond motifs is 1. The van der Waals surface area contributed by atoms with E-state index >= 15 is 0 Å². The van der Waals surface area contributed by atoms with Crippen LogP contribution < -0.4 is 15.0 Å². The molecule has 3 heterocycles. The van der Waals surface area contributed by atoms with Gasteiger partial charge < -0.3 is 38.9 Å². The number of aliphatic imine (C=N–C) groups is 1. The van der Waals surface area contributed by atoms with Crippen molar-refractivity contribution in [2.24, 2.45) is 16.6 Å². The van der Waals surface area contributed by atoms with Gasteiger partial charge in [0, 0.05) is 24.3 Å². The van der Waals surface area contributed by atoms with Crippen molar-refractivity contribution in [3.05, 3.63) is 82.4 Å². The second-order valence-electron chi connectivity index (χ2n) is 17.9. The molecule has 0 spiro atoms. The molecule has 2 aromatic carbocycles. The monoisotopic (exact) mass is 982 g/mol. The van der Waals surface area contributed by atoms with Gasteiger partial charge in [0.2, 0.25) is 5.60 Å². The number of amidine groups is 1. The molecule has 2 saturated heterocycles. The van der Waals surface area contributed by atoms with Gasteiger partial charge in [-0.1, -0.05) is 127 Å². The van der Waals surface area contributed by atoms with Gasteiger partial charge in [-0.3, -0.25) is 14.5 Å². The van der Waals surface area contributed by atoms with E-state index in [2.05, 4.69) is 23.0 Å². The number of hydrogen-bond acceptors (Lipinski definition) is 12. The Morgan fingerprint density at radius 1 is 0.912 bits per heavy atom.